The first-order chi connectivity index (χ1) is 4.39. The van der Waals surface area contributed by atoms with Gasteiger partial charge in [0.15, 0.2) is 0 Å². The van der Waals surface area contributed by atoms with Crippen LogP contribution in [0, 0.1) is 11.3 Å². The highest BCUT2D eigenvalue weighted by atomic mass is 16.2. The zero-order valence-electron chi connectivity index (χ0n) is 6.55. The number of nitrogens with two attached hydrogens (primary N) is 1. The van der Waals surface area contributed by atoms with Gasteiger partial charge >= 0.3 is 0 Å². The Morgan fingerprint density at radius 2 is 1.90 bits per heavy atom. The SMILES string of the molecule is CC(C)(C)C(C=O)C(N)=O. The fraction of sp³-hybridized carbons (Fsp3) is 0.714. The molecule has 3 heteroatoms. The molecule has 0 aromatic carbocycles. The van der Waals surface area contributed by atoms with Gasteiger partial charge in [0.2, 0.25) is 5.91 Å². The molecule has 0 aromatic heterocycles. The number of primary amides is 1. The Kier molecular flexibility index (Phi) is 2.57. The summed E-state index contributed by atoms with van der Waals surface area (Å²) in [6.45, 7) is 5.41. The number of hydrogen-bond donors (Lipinski definition) is 1. The van der Waals surface area contributed by atoms with Crippen molar-refractivity contribution in [3.05, 3.63) is 0 Å². The third kappa shape index (κ3) is 2.17. The van der Waals surface area contributed by atoms with E-state index in [1.807, 2.05) is 0 Å². The van der Waals surface area contributed by atoms with Crippen molar-refractivity contribution in [3.8, 4) is 0 Å². The molecule has 0 bridgehead atoms. The molecule has 1 atom stereocenters. The van der Waals surface area contributed by atoms with Crippen LogP contribution >= 0.6 is 0 Å². The van der Waals surface area contributed by atoms with Crippen LogP contribution in [0.2, 0.25) is 0 Å². The quantitative estimate of drug-likeness (QED) is 0.447. The maximum Gasteiger partial charge on any atom is 0.228 e. The minimum Gasteiger partial charge on any atom is -0.369 e. The number of rotatable bonds is 2. The highest BCUT2D eigenvalue weighted by Crippen LogP contribution is 2.23. The summed E-state index contributed by atoms with van der Waals surface area (Å²) in [6.07, 6.45) is 0.600. The lowest BCUT2D eigenvalue weighted by Gasteiger charge is -2.22. The first kappa shape index (κ1) is 9.14. The fourth-order valence-electron chi connectivity index (χ4n) is 0.698. The van der Waals surface area contributed by atoms with Crippen molar-refractivity contribution in [1.29, 1.82) is 0 Å². The molecule has 0 saturated heterocycles. The lowest BCUT2D eigenvalue weighted by Crippen LogP contribution is -2.34. The average molecular weight is 143 g/mol. The number of amides is 1. The molecular weight excluding hydrogens is 130 g/mol. The molecular formula is C7H13NO2. The fourth-order valence-corrected chi connectivity index (χ4v) is 0.698. The van der Waals surface area contributed by atoms with Crippen molar-refractivity contribution in [3.63, 3.8) is 0 Å². The molecule has 0 radical (unpaired) electrons. The third-order valence-electron chi connectivity index (χ3n) is 1.38. The first-order valence-electron chi connectivity index (χ1n) is 3.14. The van der Waals surface area contributed by atoms with E-state index in [1.54, 1.807) is 20.8 Å². The molecule has 1 amide bonds. The van der Waals surface area contributed by atoms with Gasteiger partial charge < -0.3 is 10.5 Å². The highest BCUT2D eigenvalue weighted by molar-refractivity contribution is 5.91. The average Bonchev–Trinajstić information content (AvgIpc) is 1.60. The van der Waals surface area contributed by atoms with Crippen molar-refractivity contribution in [2.45, 2.75) is 20.8 Å². The van der Waals surface area contributed by atoms with Gasteiger partial charge in [-0.25, -0.2) is 0 Å². The van der Waals surface area contributed by atoms with E-state index in [0.717, 1.165) is 0 Å². The number of carbonyl (C=O) groups is 2. The van der Waals surface area contributed by atoms with Crippen LogP contribution in [0.3, 0.4) is 0 Å². The van der Waals surface area contributed by atoms with Crippen LogP contribution in [0.4, 0.5) is 0 Å². The van der Waals surface area contributed by atoms with Gasteiger partial charge in [-0.15, -0.1) is 0 Å². The van der Waals surface area contributed by atoms with Crippen LogP contribution < -0.4 is 5.73 Å². The van der Waals surface area contributed by atoms with E-state index >= 15 is 0 Å². The number of hydrogen-bond acceptors (Lipinski definition) is 2. The highest BCUT2D eigenvalue weighted by Gasteiger charge is 2.28. The minimum absolute atomic E-state index is 0.354. The molecule has 1 unspecified atom stereocenters. The molecule has 0 heterocycles. The summed E-state index contributed by atoms with van der Waals surface area (Å²) in [6, 6.07) is 0. The summed E-state index contributed by atoms with van der Waals surface area (Å²) in [5.74, 6) is -1.23. The predicted molar refractivity (Wildman–Crippen MR) is 38.2 cm³/mol. The van der Waals surface area contributed by atoms with E-state index in [0.29, 0.717) is 6.29 Å². The molecule has 0 saturated carbocycles. The van der Waals surface area contributed by atoms with Crippen LogP contribution in [0.25, 0.3) is 0 Å². The Morgan fingerprint density at radius 3 is 1.90 bits per heavy atom. The van der Waals surface area contributed by atoms with Crippen LogP contribution in [-0.4, -0.2) is 12.2 Å². The van der Waals surface area contributed by atoms with Crippen LogP contribution in [0.5, 0.6) is 0 Å². The second kappa shape index (κ2) is 2.82. The maximum atomic E-state index is 10.6. The molecule has 0 aliphatic heterocycles. The van der Waals surface area contributed by atoms with E-state index in [-0.39, 0.29) is 5.41 Å². The smallest absolute Gasteiger partial charge is 0.228 e. The first-order valence-corrected chi connectivity index (χ1v) is 3.14. The van der Waals surface area contributed by atoms with Crippen LogP contribution in [-0.2, 0) is 9.59 Å². The van der Waals surface area contributed by atoms with Crippen LogP contribution in [0.15, 0.2) is 0 Å². The topological polar surface area (TPSA) is 60.2 Å². The maximum absolute atomic E-state index is 10.6. The Balaban J connectivity index is 4.36. The molecule has 10 heavy (non-hydrogen) atoms. The van der Waals surface area contributed by atoms with Crippen molar-refractivity contribution < 1.29 is 9.59 Å². The lowest BCUT2D eigenvalue weighted by atomic mass is 9.81. The van der Waals surface area contributed by atoms with Gasteiger partial charge in [0, 0.05) is 0 Å². The summed E-state index contributed by atoms with van der Waals surface area (Å²) in [4.78, 5) is 20.9. The monoisotopic (exact) mass is 143 g/mol. The van der Waals surface area contributed by atoms with Gasteiger partial charge in [-0.1, -0.05) is 20.8 Å². The lowest BCUT2D eigenvalue weighted by molar-refractivity contribution is -0.130. The molecule has 0 aromatic rings. The Morgan fingerprint density at radius 1 is 1.50 bits per heavy atom. The molecule has 2 N–H and O–H groups in total. The van der Waals surface area contributed by atoms with Crippen molar-refractivity contribution in [2.75, 3.05) is 0 Å². The number of carbonyl (C=O) groups excluding carboxylic acids is 2. The van der Waals surface area contributed by atoms with E-state index in [2.05, 4.69) is 0 Å². The molecule has 58 valence electrons. The third-order valence-corrected chi connectivity index (χ3v) is 1.38. The summed E-state index contributed by atoms with van der Waals surface area (Å²) < 4.78 is 0. The van der Waals surface area contributed by atoms with Crippen molar-refractivity contribution >= 4 is 12.2 Å². The van der Waals surface area contributed by atoms with E-state index in [4.69, 9.17) is 5.73 Å². The zero-order chi connectivity index (χ0) is 8.36. The molecule has 0 aliphatic rings. The van der Waals surface area contributed by atoms with Gasteiger partial charge in [-0.05, 0) is 5.41 Å². The normalized spacial score (nSPS) is 14.3. The van der Waals surface area contributed by atoms with E-state index < -0.39 is 11.8 Å². The van der Waals surface area contributed by atoms with Gasteiger partial charge in [0.05, 0.1) is 5.92 Å². The summed E-state index contributed by atoms with van der Waals surface area (Å²) in [5.41, 5.74) is 4.61. The molecule has 0 rings (SSSR count). The van der Waals surface area contributed by atoms with Gasteiger partial charge in [0.1, 0.15) is 6.29 Å². The van der Waals surface area contributed by atoms with Crippen molar-refractivity contribution in [2.24, 2.45) is 17.1 Å². The number of aldehydes is 1. The molecule has 0 fully saturated rings. The molecule has 0 spiro atoms. The van der Waals surface area contributed by atoms with Gasteiger partial charge in [0.25, 0.3) is 0 Å². The van der Waals surface area contributed by atoms with Crippen molar-refractivity contribution in [1.82, 2.24) is 0 Å². The predicted octanol–water partition coefficient (Wildman–Crippen LogP) is 0.333. The second-order valence-corrected chi connectivity index (χ2v) is 3.38. The Labute approximate surface area is 60.6 Å². The summed E-state index contributed by atoms with van der Waals surface area (Å²) in [5, 5.41) is 0. The second-order valence-electron chi connectivity index (χ2n) is 3.38. The minimum atomic E-state index is -0.674. The Bertz CT molecular complexity index is 146. The Hall–Kier alpha value is -0.860. The van der Waals surface area contributed by atoms with Gasteiger partial charge in [-0.2, -0.15) is 0 Å². The van der Waals surface area contributed by atoms with Crippen LogP contribution in [0.1, 0.15) is 20.8 Å². The summed E-state index contributed by atoms with van der Waals surface area (Å²) >= 11 is 0. The largest absolute Gasteiger partial charge is 0.369 e. The van der Waals surface area contributed by atoms with E-state index in [9.17, 15) is 9.59 Å². The molecule has 0 aliphatic carbocycles. The summed E-state index contributed by atoms with van der Waals surface area (Å²) in [7, 11) is 0. The zero-order valence-corrected chi connectivity index (χ0v) is 6.55. The standard InChI is InChI=1S/C7H13NO2/c1-7(2,3)5(4-9)6(8)10/h4-5H,1-3H3,(H2,8,10). The van der Waals surface area contributed by atoms with Gasteiger partial charge in [-0.3, -0.25) is 4.79 Å². The molecule has 3 nitrogen and oxygen atoms in total. The van der Waals surface area contributed by atoms with E-state index in [1.165, 1.54) is 0 Å².